The number of aliphatic carboxylic acids is 1. The molecule has 0 spiro atoms. The average molecular weight is 354 g/mol. The maximum atomic E-state index is 12.1. The van der Waals surface area contributed by atoms with Crippen LogP contribution in [0.1, 0.15) is 24.8 Å². The van der Waals surface area contributed by atoms with Gasteiger partial charge in [0, 0.05) is 24.2 Å². The van der Waals surface area contributed by atoms with Gasteiger partial charge in [0.1, 0.15) is 0 Å². The lowest BCUT2D eigenvalue weighted by molar-refractivity contribution is -0.141. The van der Waals surface area contributed by atoms with Gasteiger partial charge in [0.25, 0.3) is 0 Å². The number of carboxylic acids is 1. The van der Waals surface area contributed by atoms with E-state index in [0.29, 0.717) is 25.9 Å². The van der Waals surface area contributed by atoms with Gasteiger partial charge in [-0.2, -0.15) is 0 Å². The number of thiophene rings is 1. The van der Waals surface area contributed by atoms with E-state index in [1.807, 2.05) is 12.1 Å². The minimum atomic E-state index is -0.792. The number of hydrogen-bond acceptors (Lipinski definition) is 3. The molecule has 0 saturated carbocycles. The first kappa shape index (κ1) is 17.8. The molecule has 3 rings (SSSR count). The number of fused-ring (bicyclic) bond motifs is 1. The highest BCUT2D eigenvalue weighted by Crippen LogP contribution is 2.27. The number of aryl methyl sites for hydroxylation is 1. The van der Waals surface area contributed by atoms with Crippen molar-refractivity contribution in [2.45, 2.75) is 25.7 Å². The van der Waals surface area contributed by atoms with Crippen LogP contribution < -0.4 is 0 Å². The quantitative estimate of drug-likeness (QED) is 0.893. The maximum Gasteiger partial charge on any atom is 0.308 e. The first-order valence-corrected chi connectivity index (χ1v) is 8.49. The molecule has 1 aromatic heterocycles. The molecule has 2 aromatic rings. The number of likely N-dealkylation sites (tertiary alicyclic amines) is 1. The zero-order chi connectivity index (χ0) is 15.5. The molecule has 1 amide bonds. The highest BCUT2D eigenvalue weighted by Gasteiger charge is 2.30. The number of carbonyl (C=O) groups excluding carboxylic acids is 1. The van der Waals surface area contributed by atoms with Gasteiger partial charge in [0.2, 0.25) is 5.91 Å². The van der Waals surface area contributed by atoms with Gasteiger partial charge in [-0.3, -0.25) is 9.59 Å². The summed E-state index contributed by atoms with van der Waals surface area (Å²) in [6.45, 7) is 0.951. The number of benzene rings is 1. The van der Waals surface area contributed by atoms with Crippen LogP contribution >= 0.6 is 23.7 Å². The molecule has 1 aromatic carbocycles. The molecule has 0 bridgehead atoms. The second-order valence-electron chi connectivity index (χ2n) is 5.77. The van der Waals surface area contributed by atoms with E-state index in [-0.39, 0.29) is 24.2 Å². The third-order valence-electron chi connectivity index (χ3n) is 4.29. The van der Waals surface area contributed by atoms with Crippen molar-refractivity contribution in [3.05, 3.63) is 35.2 Å². The normalized spacial score (nSPS) is 17.2. The number of amides is 1. The molecule has 0 aliphatic carbocycles. The van der Waals surface area contributed by atoms with Gasteiger partial charge in [-0.15, -0.1) is 23.7 Å². The SMILES string of the molecule is Cl.O=C(O)C1CCN(C(=O)CCCc2csc3ccccc23)C1. The zero-order valence-corrected chi connectivity index (χ0v) is 14.4. The van der Waals surface area contributed by atoms with Gasteiger partial charge in [-0.1, -0.05) is 18.2 Å². The summed E-state index contributed by atoms with van der Waals surface area (Å²) in [5.74, 6) is -1.09. The van der Waals surface area contributed by atoms with E-state index >= 15 is 0 Å². The lowest BCUT2D eigenvalue weighted by Gasteiger charge is -2.15. The first-order chi connectivity index (χ1) is 10.6. The summed E-state index contributed by atoms with van der Waals surface area (Å²) in [7, 11) is 0. The van der Waals surface area contributed by atoms with Crippen molar-refractivity contribution >= 4 is 45.7 Å². The molecule has 1 unspecified atom stereocenters. The minimum Gasteiger partial charge on any atom is -0.481 e. The molecule has 124 valence electrons. The summed E-state index contributed by atoms with van der Waals surface area (Å²) in [5.41, 5.74) is 1.30. The fourth-order valence-electron chi connectivity index (χ4n) is 3.00. The lowest BCUT2D eigenvalue weighted by atomic mass is 10.1. The predicted molar refractivity (Wildman–Crippen MR) is 94.3 cm³/mol. The second-order valence-corrected chi connectivity index (χ2v) is 6.69. The Morgan fingerprint density at radius 1 is 1.30 bits per heavy atom. The summed E-state index contributed by atoms with van der Waals surface area (Å²) in [4.78, 5) is 24.8. The number of carboxylic acid groups (broad SMARTS) is 1. The first-order valence-electron chi connectivity index (χ1n) is 7.61. The van der Waals surface area contributed by atoms with E-state index in [1.165, 1.54) is 15.6 Å². The molecular weight excluding hydrogens is 334 g/mol. The fourth-order valence-corrected chi connectivity index (χ4v) is 4.00. The molecule has 1 saturated heterocycles. The van der Waals surface area contributed by atoms with Crippen LogP contribution in [-0.2, 0) is 16.0 Å². The van der Waals surface area contributed by atoms with Crippen molar-refractivity contribution in [1.29, 1.82) is 0 Å². The van der Waals surface area contributed by atoms with Crippen molar-refractivity contribution in [2.75, 3.05) is 13.1 Å². The number of halogens is 1. The summed E-state index contributed by atoms with van der Waals surface area (Å²) < 4.78 is 1.28. The second kappa shape index (κ2) is 7.79. The molecule has 1 N–H and O–H groups in total. The van der Waals surface area contributed by atoms with Gasteiger partial charge in [0.05, 0.1) is 5.92 Å². The molecule has 1 atom stereocenters. The zero-order valence-electron chi connectivity index (χ0n) is 12.7. The van der Waals surface area contributed by atoms with Gasteiger partial charge >= 0.3 is 5.97 Å². The molecular formula is C17H20ClNO3S. The third-order valence-corrected chi connectivity index (χ3v) is 5.30. The van der Waals surface area contributed by atoms with Crippen LogP contribution in [0.15, 0.2) is 29.6 Å². The Morgan fingerprint density at radius 2 is 2.09 bits per heavy atom. The largest absolute Gasteiger partial charge is 0.481 e. The molecule has 2 heterocycles. The lowest BCUT2D eigenvalue weighted by Crippen LogP contribution is -2.29. The monoisotopic (exact) mass is 353 g/mol. The summed E-state index contributed by atoms with van der Waals surface area (Å²) in [6.07, 6.45) is 2.78. The smallest absolute Gasteiger partial charge is 0.308 e. The Balaban J connectivity index is 0.00000192. The minimum absolute atomic E-state index is 0. The molecule has 0 radical (unpaired) electrons. The topological polar surface area (TPSA) is 57.6 Å². The van der Waals surface area contributed by atoms with E-state index < -0.39 is 5.97 Å². The summed E-state index contributed by atoms with van der Waals surface area (Å²) in [5, 5.41) is 12.4. The Morgan fingerprint density at radius 3 is 2.83 bits per heavy atom. The standard InChI is InChI=1S/C17H19NO3S.ClH/c19-16(18-9-8-12(10-18)17(20)21)7-3-4-13-11-22-15-6-2-1-5-14(13)15;/h1-2,5-6,11-12H,3-4,7-10H2,(H,20,21);1H. The Hall–Kier alpha value is -1.59. The maximum absolute atomic E-state index is 12.1. The highest BCUT2D eigenvalue weighted by molar-refractivity contribution is 7.17. The van der Waals surface area contributed by atoms with Gasteiger partial charge in [0.15, 0.2) is 0 Å². The molecule has 4 nitrogen and oxygen atoms in total. The van der Waals surface area contributed by atoms with E-state index in [4.69, 9.17) is 5.11 Å². The van der Waals surface area contributed by atoms with Crippen LogP contribution in [0.3, 0.4) is 0 Å². The predicted octanol–water partition coefficient (Wildman–Crippen LogP) is 3.58. The summed E-state index contributed by atoms with van der Waals surface area (Å²) in [6, 6.07) is 8.32. The molecule has 6 heteroatoms. The van der Waals surface area contributed by atoms with Crippen LogP contribution in [-0.4, -0.2) is 35.0 Å². The average Bonchev–Trinajstić information content (AvgIpc) is 3.14. The fraction of sp³-hybridized carbons (Fsp3) is 0.412. The van der Waals surface area contributed by atoms with E-state index in [1.54, 1.807) is 16.2 Å². The number of rotatable bonds is 5. The van der Waals surface area contributed by atoms with Crippen LogP contribution in [0, 0.1) is 5.92 Å². The third kappa shape index (κ3) is 4.03. The Kier molecular flexibility index (Phi) is 6.02. The van der Waals surface area contributed by atoms with Crippen LogP contribution in [0.5, 0.6) is 0 Å². The van der Waals surface area contributed by atoms with E-state index in [2.05, 4.69) is 17.5 Å². The molecule has 1 fully saturated rings. The van der Waals surface area contributed by atoms with Crippen molar-refractivity contribution in [3.8, 4) is 0 Å². The van der Waals surface area contributed by atoms with Crippen molar-refractivity contribution in [3.63, 3.8) is 0 Å². The van der Waals surface area contributed by atoms with Crippen molar-refractivity contribution < 1.29 is 14.7 Å². The molecule has 1 aliphatic heterocycles. The number of nitrogens with zero attached hydrogens (tertiary/aromatic N) is 1. The van der Waals surface area contributed by atoms with Crippen LogP contribution in [0.25, 0.3) is 10.1 Å². The van der Waals surface area contributed by atoms with Crippen molar-refractivity contribution in [1.82, 2.24) is 4.90 Å². The Bertz CT molecular complexity index is 700. The molecule has 23 heavy (non-hydrogen) atoms. The molecule has 1 aliphatic rings. The van der Waals surface area contributed by atoms with Gasteiger partial charge in [-0.25, -0.2) is 0 Å². The van der Waals surface area contributed by atoms with Gasteiger partial charge < -0.3 is 10.0 Å². The number of carbonyl (C=O) groups is 2. The van der Waals surface area contributed by atoms with Gasteiger partial charge in [-0.05, 0) is 41.7 Å². The summed E-state index contributed by atoms with van der Waals surface area (Å²) >= 11 is 1.74. The van der Waals surface area contributed by atoms with Crippen molar-refractivity contribution in [2.24, 2.45) is 5.92 Å². The van der Waals surface area contributed by atoms with E-state index in [9.17, 15) is 9.59 Å². The van der Waals surface area contributed by atoms with E-state index in [0.717, 1.165) is 12.8 Å². The van der Waals surface area contributed by atoms with Crippen LogP contribution in [0.4, 0.5) is 0 Å². The van der Waals surface area contributed by atoms with Crippen LogP contribution in [0.2, 0.25) is 0 Å². The number of hydrogen-bond donors (Lipinski definition) is 1. The highest BCUT2D eigenvalue weighted by atomic mass is 35.5. The Labute approximate surface area is 145 Å².